The molecule has 0 spiro atoms. The lowest BCUT2D eigenvalue weighted by Crippen LogP contribution is -2.21. The van der Waals surface area contributed by atoms with E-state index < -0.39 is 0 Å². The quantitative estimate of drug-likeness (QED) is 0.522. The first kappa shape index (κ1) is 18.1. The van der Waals surface area contributed by atoms with Gasteiger partial charge in [-0.05, 0) is 23.6 Å². The molecule has 2 aromatic carbocycles. The highest BCUT2D eigenvalue weighted by Gasteiger charge is 2.25. The molecular formula is C23H25N5O. The summed E-state index contributed by atoms with van der Waals surface area (Å²) in [6.07, 6.45) is 5.26. The normalized spacial score (nSPS) is 17.3. The number of rotatable bonds is 7. The largest absolute Gasteiger partial charge is 0.370 e. The second-order valence-corrected chi connectivity index (χ2v) is 7.71. The average molecular weight is 387 g/mol. The zero-order valence-corrected chi connectivity index (χ0v) is 16.4. The monoisotopic (exact) mass is 387 g/mol. The summed E-state index contributed by atoms with van der Waals surface area (Å²) in [4.78, 5) is 5.87. The smallest absolute Gasteiger partial charge is 0.108 e. The second-order valence-electron chi connectivity index (χ2n) is 7.71. The lowest BCUT2D eigenvalue weighted by Gasteiger charge is -2.15. The van der Waals surface area contributed by atoms with Crippen LogP contribution in [0.15, 0.2) is 67.0 Å². The van der Waals surface area contributed by atoms with E-state index in [9.17, 15) is 0 Å². The fourth-order valence-corrected chi connectivity index (χ4v) is 4.08. The van der Waals surface area contributed by atoms with Crippen LogP contribution in [0.5, 0.6) is 0 Å². The summed E-state index contributed by atoms with van der Waals surface area (Å²) >= 11 is 0. The molecule has 0 radical (unpaired) electrons. The first-order valence-electron chi connectivity index (χ1n) is 10.1. The van der Waals surface area contributed by atoms with Crippen molar-refractivity contribution >= 4 is 10.9 Å². The van der Waals surface area contributed by atoms with Gasteiger partial charge in [-0.3, -0.25) is 4.90 Å². The Kier molecular flexibility index (Phi) is 5.11. The summed E-state index contributed by atoms with van der Waals surface area (Å²) in [6, 6.07) is 19.1. The topological polar surface area (TPSA) is 59.0 Å². The van der Waals surface area contributed by atoms with E-state index in [4.69, 9.17) is 4.74 Å². The van der Waals surface area contributed by atoms with Crippen LogP contribution in [0, 0.1) is 0 Å². The molecule has 6 nitrogen and oxygen atoms in total. The van der Waals surface area contributed by atoms with Crippen molar-refractivity contribution in [3.8, 4) is 0 Å². The Morgan fingerprint density at radius 1 is 1.03 bits per heavy atom. The first-order chi connectivity index (χ1) is 14.3. The molecule has 0 amide bonds. The third-order valence-corrected chi connectivity index (χ3v) is 5.61. The summed E-state index contributed by atoms with van der Waals surface area (Å²) in [7, 11) is 0. The number of ether oxygens (including phenoxy) is 1. The van der Waals surface area contributed by atoms with E-state index in [1.165, 1.54) is 22.0 Å². The molecule has 29 heavy (non-hydrogen) atoms. The fraction of sp³-hybridized carbons (Fsp3) is 0.304. The Morgan fingerprint density at radius 2 is 1.90 bits per heavy atom. The third-order valence-electron chi connectivity index (χ3n) is 5.61. The van der Waals surface area contributed by atoms with E-state index in [0.717, 1.165) is 31.7 Å². The first-order valence-corrected chi connectivity index (χ1v) is 10.1. The van der Waals surface area contributed by atoms with Gasteiger partial charge in [-0.25, -0.2) is 4.68 Å². The van der Waals surface area contributed by atoms with Gasteiger partial charge in [0.1, 0.15) is 5.69 Å². The van der Waals surface area contributed by atoms with Gasteiger partial charge in [-0.2, -0.15) is 0 Å². The Hall–Kier alpha value is -2.96. The van der Waals surface area contributed by atoms with E-state index in [-0.39, 0.29) is 0 Å². The Bertz CT molecular complexity index is 1070. The molecule has 0 bridgehead atoms. The van der Waals surface area contributed by atoms with Gasteiger partial charge in [0.05, 0.1) is 25.5 Å². The Labute approximate surface area is 170 Å². The Balaban J connectivity index is 1.15. The van der Waals surface area contributed by atoms with Crippen LogP contribution in [0.3, 0.4) is 0 Å². The molecule has 1 aliphatic rings. The van der Waals surface area contributed by atoms with Gasteiger partial charge in [0.15, 0.2) is 0 Å². The fourth-order valence-electron chi connectivity index (χ4n) is 4.08. The minimum Gasteiger partial charge on any atom is -0.370 e. The summed E-state index contributed by atoms with van der Waals surface area (Å²) in [5.74, 6) is 0. The molecule has 5 rings (SSSR count). The molecule has 0 aliphatic carbocycles. The number of nitrogens with one attached hydrogen (secondary N) is 1. The van der Waals surface area contributed by atoms with E-state index >= 15 is 0 Å². The molecule has 6 heteroatoms. The van der Waals surface area contributed by atoms with E-state index in [0.29, 0.717) is 19.3 Å². The van der Waals surface area contributed by atoms with Crippen LogP contribution in [0.1, 0.15) is 29.3 Å². The van der Waals surface area contributed by atoms with Gasteiger partial charge in [0.25, 0.3) is 0 Å². The highest BCUT2D eigenvalue weighted by Crippen LogP contribution is 2.25. The molecular weight excluding hydrogens is 362 g/mol. The number of fused-ring (bicyclic) bond motifs is 1. The average Bonchev–Trinajstić information content (AvgIpc) is 3.50. The molecule has 1 fully saturated rings. The predicted octanol–water partition coefficient (Wildman–Crippen LogP) is 3.92. The highest BCUT2D eigenvalue weighted by atomic mass is 16.5. The van der Waals surface area contributed by atoms with E-state index in [1.807, 2.05) is 29.1 Å². The number of para-hydroxylation sites is 1. The number of benzene rings is 2. The maximum absolute atomic E-state index is 5.78. The summed E-state index contributed by atoms with van der Waals surface area (Å²) in [5, 5.41) is 9.97. The van der Waals surface area contributed by atoms with Gasteiger partial charge in [0, 0.05) is 36.7 Å². The van der Waals surface area contributed by atoms with Crippen LogP contribution in [0.2, 0.25) is 0 Å². The van der Waals surface area contributed by atoms with Gasteiger partial charge < -0.3 is 9.72 Å². The minimum atomic E-state index is 0.371. The minimum absolute atomic E-state index is 0.371. The molecule has 1 atom stereocenters. The van der Waals surface area contributed by atoms with Crippen molar-refractivity contribution in [3.05, 3.63) is 83.8 Å². The maximum atomic E-state index is 5.78. The van der Waals surface area contributed by atoms with Crippen molar-refractivity contribution in [2.24, 2.45) is 0 Å². The number of nitrogens with zero attached hydrogens (tertiary/aromatic N) is 4. The van der Waals surface area contributed by atoms with Gasteiger partial charge in [-0.1, -0.05) is 53.7 Å². The van der Waals surface area contributed by atoms with Gasteiger partial charge in [0.2, 0.25) is 0 Å². The zero-order chi connectivity index (χ0) is 19.5. The number of hydrogen-bond acceptors (Lipinski definition) is 4. The molecule has 148 valence electrons. The third kappa shape index (κ3) is 4.09. The number of hydrogen-bond donors (Lipinski definition) is 1. The zero-order valence-electron chi connectivity index (χ0n) is 16.4. The van der Waals surface area contributed by atoms with Crippen molar-refractivity contribution in [1.82, 2.24) is 24.9 Å². The summed E-state index contributed by atoms with van der Waals surface area (Å²) in [6.45, 7) is 4.11. The standard InChI is InChI=1S/C23H25N5O/c1-2-6-18(7-3-1)16-29-17-20-14-28(26-25-20)21-10-11-27(15-21)13-19-12-24-23-9-5-4-8-22(19)23/h1-9,12,14,21,24H,10-11,13,15-17H2/t21-/m0/s1. The van der Waals surface area contributed by atoms with Crippen LogP contribution in [0.4, 0.5) is 0 Å². The van der Waals surface area contributed by atoms with E-state index in [1.54, 1.807) is 0 Å². The molecule has 0 unspecified atom stereocenters. The maximum Gasteiger partial charge on any atom is 0.108 e. The predicted molar refractivity (Wildman–Crippen MR) is 112 cm³/mol. The lowest BCUT2D eigenvalue weighted by molar-refractivity contribution is 0.104. The van der Waals surface area contributed by atoms with Gasteiger partial charge in [-0.15, -0.1) is 5.10 Å². The molecule has 1 saturated heterocycles. The summed E-state index contributed by atoms with van der Waals surface area (Å²) < 4.78 is 7.79. The van der Waals surface area contributed by atoms with Crippen LogP contribution in [-0.4, -0.2) is 38.0 Å². The number of aromatic amines is 1. The molecule has 4 aromatic rings. The van der Waals surface area contributed by atoms with Crippen LogP contribution in [-0.2, 0) is 24.5 Å². The molecule has 1 N–H and O–H groups in total. The van der Waals surface area contributed by atoms with Gasteiger partial charge >= 0.3 is 0 Å². The van der Waals surface area contributed by atoms with E-state index in [2.05, 4.69) is 62.8 Å². The lowest BCUT2D eigenvalue weighted by atomic mass is 10.1. The number of H-pyrrole nitrogens is 1. The number of aromatic nitrogens is 4. The molecule has 0 saturated carbocycles. The van der Waals surface area contributed by atoms with Crippen molar-refractivity contribution in [2.45, 2.75) is 32.2 Å². The van der Waals surface area contributed by atoms with Crippen LogP contribution >= 0.6 is 0 Å². The summed E-state index contributed by atoms with van der Waals surface area (Å²) in [5.41, 5.74) is 4.61. The Morgan fingerprint density at radius 3 is 2.83 bits per heavy atom. The van der Waals surface area contributed by atoms with Crippen LogP contribution < -0.4 is 0 Å². The molecule has 3 heterocycles. The molecule has 1 aliphatic heterocycles. The van der Waals surface area contributed by atoms with Crippen molar-refractivity contribution in [3.63, 3.8) is 0 Å². The molecule has 2 aromatic heterocycles. The second kappa shape index (κ2) is 8.19. The van der Waals surface area contributed by atoms with Crippen molar-refractivity contribution < 1.29 is 4.74 Å². The SMILES string of the molecule is c1ccc(COCc2cn([C@H]3CCN(Cc4c[nH]c5ccccc45)C3)nn2)cc1. The van der Waals surface area contributed by atoms with Crippen molar-refractivity contribution in [2.75, 3.05) is 13.1 Å². The van der Waals surface area contributed by atoms with Crippen LogP contribution in [0.25, 0.3) is 10.9 Å². The highest BCUT2D eigenvalue weighted by molar-refractivity contribution is 5.82. The van der Waals surface area contributed by atoms with Crippen molar-refractivity contribution in [1.29, 1.82) is 0 Å². The number of likely N-dealkylation sites (tertiary alicyclic amines) is 1.